The number of unbranched alkanes of at least 4 members (excludes halogenated alkanes) is 1. The molecule has 104 valence electrons. The number of hydrogen-bond acceptors (Lipinski definition) is 2. The van der Waals surface area contributed by atoms with E-state index in [2.05, 4.69) is 43.5 Å². The minimum absolute atomic E-state index is 0.370. The Morgan fingerprint density at radius 3 is 2.83 bits per heavy atom. The van der Waals surface area contributed by atoms with Crippen molar-refractivity contribution in [2.45, 2.75) is 59.8 Å². The summed E-state index contributed by atoms with van der Waals surface area (Å²) in [6.45, 7) is 10.0. The lowest BCUT2D eigenvalue weighted by atomic mass is 9.72. The Kier molecular flexibility index (Phi) is 6.06. The number of nitrogens with zero attached hydrogens (tertiary/aromatic N) is 1. The van der Waals surface area contributed by atoms with Gasteiger partial charge in [0.25, 0.3) is 0 Å². The first-order chi connectivity index (χ1) is 8.43. The second-order valence-corrected chi connectivity index (χ2v) is 6.66. The Labute approximate surface area is 117 Å². The van der Waals surface area contributed by atoms with Crippen LogP contribution in [0.5, 0.6) is 0 Å². The Balaban J connectivity index is 2.39. The first-order valence-electron chi connectivity index (χ1n) is 7.02. The van der Waals surface area contributed by atoms with E-state index in [1.54, 1.807) is 0 Å². The van der Waals surface area contributed by atoms with Gasteiger partial charge in [0, 0.05) is 12.3 Å². The summed E-state index contributed by atoms with van der Waals surface area (Å²) >= 11 is 5.19. The predicted octanol–water partition coefficient (Wildman–Crippen LogP) is 3.45. The number of nitrogens with one attached hydrogen (secondary N) is 2. The van der Waals surface area contributed by atoms with Crippen molar-refractivity contribution in [3.05, 3.63) is 0 Å². The van der Waals surface area contributed by atoms with Gasteiger partial charge in [0.05, 0.1) is 0 Å². The summed E-state index contributed by atoms with van der Waals surface area (Å²) < 4.78 is 0. The number of hydrogen-bond donors (Lipinski definition) is 2. The Morgan fingerprint density at radius 2 is 2.22 bits per heavy atom. The van der Waals surface area contributed by atoms with Gasteiger partial charge in [-0.2, -0.15) is 5.10 Å². The van der Waals surface area contributed by atoms with E-state index in [1.165, 1.54) is 18.6 Å². The van der Waals surface area contributed by atoms with Crippen LogP contribution in [0.15, 0.2) is 5.10 Å². The van der Waals surface area contributed by atoms with E-state index in [-0.39, 0.29) is 0 Å². The summed E-state index contributed by atoms with van der Waals surface area (Å²) in [5.41, 5.74) is 4.60. The molecule has 0 radical (unpaired) electrons. The van der Waals surface area contributed by atoms with Crippen LogP contribution in [-0.4, -0.2) is 17.4 Å². The quantitative estimate of drug-likeness (QED) is 0.466. The minimum Gasteiger partial charge on any atom is -0.361 e. The zero-order valence-corrected chi connectivity index (χ0v) is 13.0. The second-order valence-electron chi connectivity index (χ2n) is 6.25. The lowest BCUT2D eigenvalue weighted by Gasteiger charge is -2.34. The summed E-state index contributed by atoms with van der Waals surface area (Å²) in [6, 6.07) is 0. The maximum Gasteiger partial charge on any atom is 0.186 e. The Morgan fingerprint density at radius 1 is 1.50 bits per heavy atom. The van der Waals surface area contributed by atoms with Gasteiger partial charge in [0.15, 0.2) is 5.11 Å². The molecule has 1 rings (SSSR count). The van der Waals surface area contributed by atoms with Crippen molar-refractivity contribution >= 4 is 23.0 Å². The normalized spacial score (nSPS) is 24.9. The maximum absolute atomic E-state index is 5.19. The molecule has 1 aliphatic carbocycles. The van der Waals surface area contributed by atoms with Crippen LogP contribution in [0.25, 0.3) is 0 Å². The molecular weight excluding hydrogens is 242 g/mol. The molecule has 1 atom stereocenters. The molecule has 0 aromatic heterocycles. The minimum atomic E-state index is 0.370. The third kappa shape index (κ3) is 5.80. The van der Waals surface area contributed by atoms with Crippen LogP contribution in [0.1, 0.15) is 59.8 Å². The number of thiocarbonyl (C=S) groups is 1. The molecular formula is C14H27N3S. The van der Waals surface area contributed by atoms with E-state index in [9.17, 15) is 0 Å². The van der Waals surface area contributed by atoms with E-state index in [4.69, 9.17) is 12.2 Å². The van der Waals surface area contributed by atoms with Gasteiger partial charge in [-0.1, -0.05) is 34.1 Å². The van der Waals surface area contributed by atoms with Crippen LogP contribution in [0.2, 0.25) is 0 Å². The highest BCUT2D eigenvalue weighted by Crippen LogP contribution is 2.36. The SMILES string of the molecule is CCCCNC(=S)N/N=C1/CC(C)CC(C)(C)C1. The molecule has 0 aliphatic heterocycles. The van der Waals surface area contributed by atoms with Crippen LogP contribution >= 0.6 is 12.2 Å². The van der Waals surface area contributed by atoms with Crippen molar-refractivity contribution in [3.8, 4) is 0 Å². The smallest absolute Gasteiger partial charge is 0.186 e. The average Bonchev–Trinajstić information content (AvgIpc) is 2.24. The summed E-state index contributed by atoms with van der Waals surface area (Å²) in [5.74, 6) is 0.718. The van der Waals surface area contributed by atoms with Crippen LogP contribution in [0, 0.1) is 11.3 Å². The topological polar surface area (TPSA) is 36.4 Å². The lowest BCUT2D eigenvalue weighted by molar-refractivity contribution is 0.265. The van der Waals surface area contributed by atoms with Gasteiger partial charge in [-0.25, -0.2) is 0 Å². The molecule has 0 saturated heterocycles. The molecule has 0 aromatic rings. The highest BCUT2D eigenvalue weighted by molar-refractivity contribution is 7.80. The standard InChI is InChI=1S/C14H27N3S/c1-5-6-7-15-13(18)17-16-12-8-11(2)9-14(3,4)10-12/h11H,5-10H2,1-4H3,(H2,15,17,18)/b16-12-. The molecule has 4 heteroatoms. The lowest BCUT2D eigenvalue weighted by Crippen LogP contribution is -2.35. The van der Waals surface area contributed by atoms with Crippen LogP contribution < -0.4 is 10.7 Å². The van der Waals surface area contributed by atoms with Crippen molar-refractivity contribution in [1.29, 1.82) is 0 Å². The van der Waals surface area contributed by atoms with E-state index in [0.29, 0.717) is 10.5 Å². The van der Waals surface area contributed by atoms with Crippen LogP contribution in [0.4, 0.5) is 0 Å². The Bertz CT molecular complexity index is 310. The molecule has 3 nitrogen and oxygen atoms in total. The van der Waals surface area contributed by atoms with Gasteiger partial charge < -0.3 is 5.32 Å². The van der Waals surface area contributed by atoms with E-state index in [1.807, 2.05) is 0 Å². The fourth-order valence-corrected chi connectivity index (χ4v) is 2.90. The summed E-state index contributed by atoms with van der Waals surface area (Å²) in [7, 11) is 0. The molecule has 1 unspecified atom stereocenters. The van der Waals surface area contributed by atoms with Crippen LogP contribution in [-0.2, 0) is 0 Å². The van der Waals surface area contributed by atoms with Gasteiger partial charge in [-0.05, 0) is 49.2 Å². The molecule has 0 aromatic carbocycles. The van der Waals surface area contributed by atoms with Crippen molar-refractivity contribution in [2.24, 2.45) is 16.4 Å². The third-order valence-corrected chi connectivity index (χ3v) is 3.53. The van der Waals surface area contributed by atoms with Gasteiger partial charge in [-0.3, -0.25) is 5.43 Å². The second kappa shape index (κ2) is 7.07. The summed E-state index contributed by atoms with van der Waals surface area (Å²) in [5, 5.41) is 8.28. The van der Waals surface area contributed by atoms with Gasteiger partial charge in [-0.15, -0.1) is 0 Å². The first kappa shape index (κ1) is 15.4. The fraction of sp³-hybridized carbons (Fsp3) is 0.857. The monoisotopic (exact) mass is 269 g/mol. The molecule has 18 heavy (non-hydrogen) atoms. The number of hydrazone groups is 1. The highest BCUT2D eigenvalue weighted by Gasteiger charge is 2.29. The average molecular weight is 269 g/mol. The molecule has 1 aliphatic rings. The molecule has 0 bridgehead atoms. The molecule has 1 fully saturated rings. The van der Waals surface area contributed by atoms with E-state index in [0.717, 1.165) is 31.7 Å². The van der Waals surface area contributed by atoms with Gasteiger partial charge in [0.2, 0.25) is 0 Å². The molecule has 2 N–H and O–H groups in total. The van der Waals surface area contributed by atoms with Crippen molar-refractivity contribution in [3.63, 3.8) is 0 Å². The third-order valence-electron chi connectivity index (χ3n) is 3.30. The number of rotatable bonds is 4. The van der Waals surface area contributed by atoms with Gasteiger partial charge in [0.1, 0.15) is 0 Å². The molecule has 0 spiro atoms. The van der Waals surface area contributed by atoms with Crippen molar-refractivity contribution in [2.75, 3.05) is 6.54 Å². The summed E-state index contributed by atoms with van der Waals surface area (Å²) in [4.78, 5) is 0. The van der Waals surface area contributed by atoms with Crippen molar-refractivity contribution < 1.29 is 0 Å². The fourth-order valence-electron chi connectivity index (χ4n) is 2.75. The van der Waals surface area contributed by atoms with Gasteiger partial charge >= 0.3 is 0 Å². The van der Waals surface area contributed by atoms with Crippen molar-refractivity contribution in [1.82, 2.24) is 10.7 Å². The maximum atomic E-state index is 5.19. The van der Waals surface area contributed by atoms with E-state index >= 15 is 0 Å². The van der Waals surface area contributed by atoms with E-state index < -0.39 is 0 Å². The molecule has 0 heterocycles. The van der Waals surface area contributed by atoms with Crippen LogP contribution in [0.3, 0.4) is 0 Å². The molecule has 1 saturated carbocycles. The Hall–Kier alpha value is -0.640. The highest BCUT2D eigenvalue weighted by atomic mass is 32.1. The predicted molar refractivity (Wildman–Crippen MR) is 82.9 cm³/mol. The first-order valence-corrected chi connectivity index (χ1v) is 7.43. The molecule has 0 amide bonds. The zero-order valence-electron chi connectivity index (χ0n) is 12.2. The zero-order chi connectivity index (χ0) is 13.6. The summed E-state index contributed by atoms with van der Waals surface area (Å²) in [6.07, 6.45) is 5.76. The largest absolute Gasteiger partial charge is 0.361 e.